The maximum Gasteiger partial charge on any atom is 0.410 e. The smallest absolute Gasteiger partial charge is 0.410 e. The molecule has 5 nitrogen and oxygen atoms in total. The zero-order valence-corrected chi connectivity index (χ0v) is 26.0. The summed E-state index contributed by atoms with van der Waals surface area (Å²) in [4.78, 5) is 14.1. The van der Waals surface area contributed by atoms with Crippen LogP contribution in [0.15, 0.2) is 97.1 Å². The number of aryl methyl sites for hydroxylation is 1. The van der Waals surface area contributed by atoms with Crippen LogP contribution in [0.1, 0.15) is 64.1 Å². The third-order valence-corrected chi connectivity index (χ3v) is 7.36. The summed E-state index contributed by atoms with van der Waals surface area (Å²) in [5.74, 6) is 1.30. The van der Waals surface area contributed by atoms with Crippen LogP contribution in [0.5, 0.6) is 0 Å². The fourth-order valence-electron chi connectivity index (χ4n) is 5.14. The van der Waals surface area contributed by atoms with Gasteiger partial charge in [0.15, 0.2) is 0 Å². The number of aliphatic hydroxyl groups excluding tert-OH is 1. The Morgan fingerprint density at radius 2 is 1.52 bits per heavy atom. The van der Waals surface area contributed by atoms with Crippen molar-refractivity contribution >= 4 is 12.2 Å². The highest BCUT2D eigenvalue weighted by molar-refractivity contribution is 5.67. The number of likely N-dealkylation sites (tertiary alicyclic amines) is 1. The largest absolute Gasteiger partial charge is 0.445 e. The summed E-state index contributed by atoms with van der Waals surface area (Å²) in [6, 6.07) is 30.9. The van der Waals surface area contributed by atoms with Crippen molar-refractivity contribution in [2.45, 2.75) is 59.0 Å². The Labute approximate surface area is 256 Å². The van der Waals surface area contributed by atoms with Gasteiger partial charge in [-0.2, -0.15) is 0 Å². The number of aliphatic hydroxyl groups is 1. The first kappa shape index (κ1) is 34.8. The number of nitrogens with zero attached hydrogens (tertiary/aromatic N) is 1. The molecule has 2 atom stereocenters. The summed E-state index contributed by atoms with van der Waals surface area (Å²) in [5, 5.41) is 10.5. The van der Waals surface area contributed by atoms with Gasteiger partial charge in [-0.15, -0.1) is 0 Å². The van der Waals surface area contributed by atoms with Crippen molar-refractivity contribution in [1.82, 2.24) is 10.2 Å². The number of rotatable bonds is 7. The van der Waals surface area contributed by atoms with Crippen LogP contribution in [0.2, 0.25) is 0 Å². The zero-order valence-electron chi connectivity index (χ0n) is 26.0. The van der Waals surface area contributed by atoms with Crippen molar-refractivity contribution in [1.29, 1.82) is 0 Å². The van der Waals surface area contributed by atoms with E-state index in [0.717, 1.165) is 44.5 Å². The third kappa shape index (κ3) is 14.0. The van der Waals surface area contributed by atoms with Crippen molar-refractivity contribution in [2.75, 3.05) is 33.3 Å². The predicted octanol–water partition coefficient (Wildman–Crippen LogP) is 8.25. The Morgan fingerprint density at radius 1 is 0.905 bits per heavy atom. The van der Waals surface area contributed by atoms with Crippen molar-refractivity contribution in [2.24, 2.45) is 11.8 Å². The zero-order chi connectivity index (χ0) is 30.3. The Balaban J connectivity index is 0.000000416. The van der Waals surface area contributed by atoms with E-state index in [1.54, 1.807) is 0 Å². The van der Waals surface area contributed by atoms with Crippen molar-refractivity contribution in [3.05, 3.63) is 114 Å². The standard InChI is InChI=1S/C21H23NO2.C13H19N.C2H6.CH4O.H2/c23-21(24-17-20-10-5-2-6-11-20)22-15-7-12-19(16-22)14-13-18-8-3-1-4-9-18;1-2-5-12(6-3-1)8-9-13-7-4-10-14-11-13;2*1-2;/h1-6,8-11,13-14,19H,7,12,15-17H2;1-3,5-6,13-14H,4,7-11H2;1-2H3;2H,1H3;1H/t19-;13-;;;/m00.../s1. The van der Waals surface area contributed by atoms with Crippen LogP contribution in [-0.2, 0) is 17.8 Å². The summed E-state index contributed by atoms with van der Waals surface area (Å²) in [6.45, 7) is 8.30. The van der Waals surface area contributed by atoms with Crippen LogP contribution in [-0.4, -0.2) is 49.4 Å². The van der Waals surface area contributed by atoms with Gasteiger partial charge >= 0.3 is 6.09 Å². The second-order valence-electron chi connectivity index (χ2n) is 10.4. The molecule has 230 valence electrons. The number of hydrogen-bond acceptors (Lipinski definition) is 4. The third-order valence-electron chi connectivity index (χ3n) is 7.36. The monoisotopic (exact) mass is 574 g/mol. The fourth-order valence-corrected chi connectivity index (χ4v) is 5.14. The Kier molecular flexibility index (Phi) is 18.4. The van der Waals surface area contributed by atoms with E-state index in [2.05, 4.69) is 59.9 Å². The highest BCUT2D eigenvalue weighted by Crippen LogP contribution is 2.20. The molecule has 3 aromatic rings. The molecular weight excluding hydrogens is 520 g/mol. The summed E-state index contributed by atoms with van der Waals surface area (Å²) < 4.78 is 5.44. The van der Waals surface area contributed by atoms with Gasteiger partial charge in [0.25, 0.3) is 0 Å². The molecule has 0 aliphatic carbocycles. The lowest BCUT2D eigenvalue weighted by molar-refractivity contribution is 0.0836. The van der Waals surface area contributed by atoms with E-state index in [1.807, 2.05) is 67.3 Å². The average molecular weight is 575 g/mol. The summed E-state index contributed by atoms with van der Waals surface area (Å²) in [5.41, 5.74) is 3.70. The van der Waals surface area contributed by atoms with Gasteiger partial charge in [0, 0.05) is 21.6 Å². The van der Waals surface area contributed by atoms with Crippen LogP contribution in [0.25, 0.3) is 6.08 Å². The van der Waals surface area contributed by atoms with E-state index in [1.165, 1.54) is 49.9 Å². The topological polar surface area (TPSA) is 61.8 Å². The fraction of sp³-hybridized carbons (Fsp3) is 0.432. The van der Waals surface area contributed by atoms with E-state index >= 15 is 0 Å². The molecule has 3 aromatic carbocycles. The molecule has 2 heterocycles. The molecular formula is C37H54N2O3. The van der Waals surface area contributed by atoms with Crippen molar-refractivity contribution < 1.29 is 16.1 Å². The summed E-state index contributed by atoms with van der Waals surface area (Å²) in [7, 11) is 1.00. The van der Waals surface area contributed by atoms with Crippen LogP contribution in [0.3, 0.4) is 0 Å². The molecule has 2 aliphatic rings. The highest BCUT2D eigenvalue weighted by Gasteiger charge is 2.23. The van der Waals surface area contributed by atoms with E-state index in [4.69, 9.17) is 9.84 Å². The van der Waals surface area contributed by atoms with Gasteiger partial charge in [0.05, 0.1) is 0 Å². The Morgan fingerprint density at radius 3 is 2.14 bits per heavy atom. The van der Waals surface area contributed by atoms with Gasteiger partial charge in [-0.3, -0.25) is 0 Å². The molecule has 2 fully saturated rings. The highest BCUT2D eigenvalue weighted by atomic mass is 16.6. The molecule has 1 amide bonds. The number of carbonyl (C=O) groups is 1. The SMILES string of the molecule is CC.CO.O=C(OCc1ccccc1)N1CCC[C@@H](C=Cc2ccccc2)C1.[HH].c1ccc(CC[C@@H]2CCCNC2)cc1. The normalized spacial score (nSPS) is 17.9. The molecule has 5 heteroatoms. The lowest BCUT2D eigenvalue weighted by Crippen LogP contribution is -2.39. The van der Waals surface area contributed by atoms with E-state index in [0.29, 0.717) is 12.5 Å². The quantitative estimate of drug-likeness (QED) is 0.298. The van der Waals surface area contributed by atoms with Crippen LogP contribution < -0.4 is 5.32 Å². The number of benzene rings is 3. The lowest BCUT2D eigenvalue weighted by Gasteiger charge is -2.30. The number of piperidine rings is 2. The minimum absolute atomic E-state index is 0. The second-order valence-corrected chi connectivity index (χ2v) is 10.4. The van der Waals surface area contributed by atoms with Crippen molar-refractivity contribution in [3.8, 4) is 0 Å². The van der Waals surface area contributed by atoms with Crippen LogP contribution in [0.4, 0.5) is 4.79 Å². The molecule has 0 radical (unpaired) electrons. The minimum atomic E-state index is -0.211. The molecule has 0 unspecified atom stereocenters. The maximum absolute atomic E-state index is 12.3. The molecule has 0 saturated carbocycles. The van der Waals surface area contributed by atoms with Crippen LogP contribution in [0, 0.1) is 11.8 Å². The first-order valence-corrected chi connectivity index (χ1v) is 15.6. The maximum atomic E-state index is 12.3. The molecule has 42 heavy (non-hydrogen) atoms. The average Bonchev–Trinajstić information content (AvgIpc) is 3.09. The molecule has 0 bridgehead atoms. The lowest BCUT2D eigenvalue weighted by atomic mass is 9.93. The van der Waals surface area contributed by atoms with Gasteiger partial charge in [-0.05, 0) is 80.1 Å². The van der Waals surface area contributed by atoms with Gasteiger partial charge in [0.2, 0.25) is 0 Å². The van der Waals surface area contributed by atoms with Gasteiger partial charge < -0.3 is 20.1 Å². The van der Waals surface area contributed by atoms with E-state index < -0.39 is 0 Å². The number of carbonyl (C=O) groups excluding carboxylic acids is 1. The van der Waals surface area contributed by atoms with E-state index in [-0.39, 0.29) is 7.52 Å². The Bertz CT molecular complexity index is 1090. The Hall–Kier alpha value is -3.41. The molecule has 2 N–H and O–H groups in total. The van der Waals surface area contributed by atoms with Gasteiger partial charge in [0.1, 0.15) is 6.61 Å². The van der Waals surface area contributed by atoms with Gasteiger partial charge in [-0.25, -0.2) is 4.79 Å². The number of hydrogen-bond donors (Lipinski definition) is 2. The predicted molar refractivity (Wildman–Crippen MR) is 178 cm³/mol. The second kappa shape index (κ2) is 22.2. The van der Waals surface area contributed by atoms with Crippen LogP contribution >= 0.6 is 0 Å². The molecule has 5 rings (SSSR count). The summed E-state index contributed by atoms with van der Waals surface area (Å²) in [6.07, 6.45) is 11.6. The minimum Gasteiger partial charge on any atom is -0.445 e. The number of ether oxygens (including phenoxy) is 1. The molecule has 0 spiro atoms. The van der Waals surface area contributed by atoms with Crippen molar-refractivity contribution in [3.63, 3.8) is 0 Å². The molecule has 2 aliphatic heterocycles. The first-order chi connectivity index (χ1) is 20.8. The molecule has 0 aromatic heterocycles. The first-order valence-electron chi connectivity index (χ1n) is 15.6. The summed E-state index contributed by atoms with van der Waals surface area (Å²) >= 11 is 0. The van der Waals surface area contributed by atoms with E-state index in [9.17, 15) is 4.79 Å². The van der Waals surface area contributed by atoms with Gasteiger partial charge in [-0.1, -0.05) is 117 Å². The number of amides is 1. The number of nitrogens with one attached hydrogen (secondary N) is 1. The molecule has 2 saturated heterocycles.